The van der Waals surface area contributed by atoms with Gasteiger partial charge in [0.15, 0.2) is 0 Å². The Hall–Kier alpha value is -1.02. The molecule has 0 radical (unpaired) electrons. The maximum absolute atomic E-state index is 6.03. The zero-order valence-corrected chi connectivity index (χ0v) is 11.8. The van der Waals surface area contributed by atoms with Gasteiger partial charge in [-0.15, -0.1) is 0 Å². The number of ether oxygens (including phenoxy) is 2. The fourth-order valence-corrected chi connectivity index (χ4v) is 1.46. The first kappa shape index (κ1) is 14.0. The molecule has 1 rings (SSSR count). The molecule has 17 heavy (non-hydrogen) atoms. The van der Waals surface area contributed by atoms with E-state index >= 15 is 0 Å². The average Bonchev–Trinajstić information content (AvgIpc) is 2.27. The summed E-state index contributed by atoms with van der Waals surface area (Å²) in [4.78, 5) is 0. The highest BCUT2D eigenvalue weighted by atomic mass is 16.5. The number of hydrogen-bond acceptors (Lipinski definition) is 2. The number of benzene rings is 1. The van der Waals surface area contributed by atoms with Crippen LogP contribution in [0.5, 0.6) is 5.75 Å². The van der Waals surface area contributed by atoms with Crippen molar-refractivity contribution >= 4 is 0 Å². The first-order chi connectivity index (χ1) is 7.84. The molecule has 0 N–H and O–H groups in total. The van der Waals surface area contributed by atoms with E-state index < -0.39 is 0 Å². The van der Waals surface area contributed by atoms with Crippen LogP contribution in [0, 0.1) is 5.41 Å². The Morgan fingerprint density at radius 3 is 1.94 bits per heavy atom. The van der Waals surface area contributed by atoms with Crippen LogP contribution in [0.4, 0.5) is 0 Å². The molecule has 0 saturated carbocycles. The van der Waals surface area contributed by atoms with Crippen LogP contribution in [0.25, 0.3) is 0 Å². The second-order valence-corrected chi connectivity index (χ2v) is 5.56. The first-order valence-corrected chi connectivity index (χ1v) is 6.14. The maximum Gasteiger partial charge on any atom is 0.118 e. The fourth-order valence-electron chi connectivity index (χ4n) is 1.46. The molecule has 0 amide bonds. The highest BCUT2D eigenvalue weighted by Crippen LogP contribution is 2.28. The summed E-state index contributed by atoms with van der Waals surface area (Å²) >= 11 is 0. The van der Waals surface area contributed by atoms with Gasteiger partial charge in [-0.3, -0.25) is 0 Å². The zero-order chi connectivity index (χ0) is 13.1. The third kappa shape index (κ3) is 4.04. The standard InChI is InChI=1S/C15H24O2/c1-11(17-12(2)15(3,4)5)13-7-9-14(16-6)10-8-13/h7-12H,1-6H3. The SMILES string of the molecule is COc1ccc(C(C)OC(C)C(C)(C)C)cc1. The van der Waals surface area contributed by atoms with E-state index in [-0.39, 0.29) is 17.6 Å². The van der Waals surface area contributed by atoms with Gasteiger partial charge >= 0.3 is 0 Å². The molecule has 1 aromatic rings. The minimum Gasteiger partial charge on any atom is -0.497 e. The summed E-state index contributed by atoms with van der Waals surface area (Å²) in [5, 5.41) is 0. The van der Waals surface area contributed by atoms with Crippen LogP contribution in [0.3, 0.4) is 0 Å². The third-order valence-electron chi connectivity index (χ3n) is 3.21. The minimum atomic E-state index is 0.107. The van der Waals surface area contributed by atoms with Crippen molar-refractivity contribution in [1.82, 2.24) is 0 Å². The molecule has 0 bridgehead atoms. The van der Waals surface area contributed by atoms with E-state index in [2.05, 4.69) is 46.8 Å². The lowest BCUT2D eigenvalue weighted by atomic mass is 9.90. The summed E-state index contributed by atoms with van der Waals surface area (Å²) in [6, 6.07) is 8.05. The Labute approximate surface area is 105 Å². The van der Waals surface area contributed by atoms with E-state index in [4.69, 9.17) is 9.47 Å². The van der Waals surface area contributed by atoms with E-state index in [1.54, 1.807) is 7.11 Å². The molecule has 1 aromatic carbocycles. The monoisotopic (exact) mass is 236 g/mol. The first-order valence-electron chi connectivity index (χ1n) is 6.14. The van der Waals surface area contributed by atoms with Crippen LogP contribution in [0.15, 0.2) is 24.3 Å². The molecule has 2 nitrogen and oxygen atoms in total. The lowest BCUT2D eigenvalue weighted by Crippen LogP contribution is -2.27. The molecule has 0 aliphatic heterocycles. The van der Waals surface area contributed by atoms with Crippen LogP contribution >= 0.6 is 0 Å². The predicted molar refractivity (Wildman–Crippen MR) is 71.4 cm³/mol. The van der Waals surface area contributed by atoms with Crippen molar-refractivity contribution in [1.29, 1.82) is 0 Å². The summed E-state index contributed by atoms with van der Waals surface area (Å²) in [5.74, 6) is 0.879. The summed E-state index contributed by atoms with van der Waals surface area (Å²) in [7, 11) is 1.68. The van der Waals surface area contributed by atoms with Gasteiger partial charge in [-0.1, -0.05) is 32.9 Å². The molecule has 0 heterocycles. The molecule has 2 unspecified atom stereocenters. The van der Waals surface area contributed by atoms with Crippen molar-refractivity contribution in [2.45, 2.75) is 46.8 Å². The summed E-state index contributed by atoms with van der Waals surface area (Å²) in [6.07, 6.45) is 0.328. The van der Waals surface area contributed by atoms with Gasteiger partial charge in [-0.2, -0.15) is 0 Å². The van der Waals surface area contributed by atoms with E-state index in [0.717, 1.165) is 5.75 Å². The number of rotatable bonds is 4. The number of methoxy groups -OCH3 is 1. The van der Waals surface area contributed by atoms with Crippen LogP contribution in [-0.4, -0.2) is 13.2 Å². The van der Waals surface area contributed by atoms with E-state index in [1.807, 2.05) is 12.1 Å². The van der Waals surface area contributed by atoms with E-state index in [0.29, 0.717) is 0 Å². The van der Waals surface area contributed by atoms with Crippen molar-refractivity contribution in [3.63, 3.8) is 0 Å². The molecule has 2 atom stereocenters. The van der Waals surface area contributed by atoms with Gasteiger partial charge in [0.25, 0.3) is 0 Å². The molecule has 2 heteroatoms. The summed E-state index contributed by atoms with van der Waals surface area (Å²) in [6.45, 7) is 10.8. The Kier molecular flexibility index (Phi) is 4.58. The topological polar surface area (TPSA) is 18.5 Å². The third-order valence-corrected chi connectivity index (χ3v) is 3.21. The molecule has 0 aliphatic rings. The Morgan fingerprint density at radius 2 is 1.53 bits per heavy atom. The lowest BCUT2D eigenvalue weighted by Gasteiger charge is -2.30. The molecular weight excluding hydrogens is 212 g/mol. The van der Waals surface area contributed by atoms with Crippen LogP contribution in [-0.2, 0) is 4.74 Å². The Balaban J connectivity index is 2.66. The minimum absolute atomic E-state index is 0.107. The van der Waals surface area contributed by atoms with Crippen molar-refractivity contribution in [3.05, 3.63) is 29.8 Å². The Morgan fingerprint density at radius 1 is 1.00 bits per heavy atom. The normalized spacial score (nSPS) is 15.4. The van der Waals surface area contributed by atoms with Crippen molar-refractivity contribution in [2.75, 3.05) is 7.11 Å². The lowest BCUT2D eigenvalue weighted by molar-refractivity contribution is -0.0494. The van der Waals surface area contributed by atoms with Gasteiger partial charge in [0, 0.05) is 0 Å². The van der Waals surface area contributed by atoms with E-state index in [9.17, 15) is 0 Å². The van der Waals surface area contributed by atoms with Crippen molar-refractivity contribution in [3.8, 4) is 5.75 Å². The predicted octanol–water partition coefficient (Wildman–Crippen LogP) is 4.21. The van der Waals surface area contributed by atoms with Gasteiger partial charge < -0.3 is 9.47 Å². The van der Waals surface area contributed by atoms with Gasteiger partial charge in [0.05, 0.1) is 19.3 Å². The summed E-state index contributed by atoms with van der Waals surface area (Å²) < 4.78 is 11.2. The fraction of sp³-hybridized carbons (Fsp3) is 0.600. The van der Waals surface area contributed by atoms with E-state index in [1.165, 1.54) is 5.56 Å². The summed E-state index contributed by atoms with van der Waals surface area (Å²) in [5.41, 5.74) is 1.35. The Bertz CT molecular complexity index is 335. The van der Waals surface area contributed by atoms with Crippen LogP contribution in [0.1, 0.15) is 46.3 Å². The van der Waals surface area contributed by atoms with Gasteiger partial charge in [0.2, 0.25) is 0 Å². The second-order valence-electron chi connectivity index (χ2n) is 5.56. The van der Waals surface area contributed by atoms with Crippen molar-refractivity contribution < 1.29 is 9.47 Å². The average molecular weight is 236 g/mol. The van der Waals surface area contributed by atoms with Gasteiger partial charge in [-0.25, -0.2) is 0 Å². The second kappa shape index (κ2) is 5.54. The van der Waals surface area contributed by atoms with Crippen LogP contribution in [0.2, 0.25) is 0 Å². The highest BCUT2D eigenvalue weighted by molar-refractivity contribution is 5.28. The maximum atomic E-state index is 6.03. The quantitative estimate of drug-likeness (QED) is 0.779. The zero-order valence-electron chi connectivity index (χ0n) is 11.8. The molecule has 0 fully saturated rings. The van der Waals surface area contributed by atoms with Gasteiger partial charge in [0.1, 0.15) is 5.75 Å². The molecule has 96 valence electrons. The number of hydrogen-bond donors (Lipinski definition) is 0. The molecule has 0 spiro atoms. The van der Waals surface area contributed by atoms with Crippen molar-refractivity contribution in [2.24, 2.45) is 5.41 Å². The largest absolute Gasteiger partial charge is 0.497 e. The smallest absolute Gasteiger partial charge is 0.118 e. The van der Waals surface area contributed by atoms with Crippen LogP contribution < -0.4 is 4.74 Å². The molecule has 0 aliphatic carbocycles. The molecular formula is C15H24O2. The molecule has 0 saturated heterocycles. The molecule has 0 aromatic heterocycles. The highest BCUT2D eigenvalue weighted by Gasteiger charge is 2.23. The van der Waals surface area contributed by atoms with Gasteiger partial charge in [-0.05, 0) is 37.0 Å².